The number of furan rings is 1. The van der Waals surface area contributed by atoms with E-state index in [1.54, 1.807) is 18.4 Å². The SMILES string of the molecule is Cc1ccc(-c2noc(NCC(=O)NCc3ccco3)n2)cc1. The fourth-order valence-electron chi connectivity index (χ4n) is 1.93. The van der Waals surface area contributed by atoms with Gasteiger partial charge in [0.1, 0.15) is 5.76 Å². The Balaban J connectivity index is 1.50. The van der Waals surface area contributed by atoms with Crippen LogP contribution in [0.2, 0.25) is 0 Å². The molecule has 1 aromatic carbocycles. The fraction of sp³-hybridized carbons (Fsp3) is 0.188. The van der Waals surface area contributed by atoms with Crippen LogP contribution in [0.3, 0.4) is 0 Å². The maximum Gasteiger partial charge on any atom is 0.322 e. The Morgan fingerprint density at radius 2 is 2.04 bits per heavy atom. The Morgan fingerprint density at radius 1 is 1.22 bits per heavy atom. The first-order valence-corrected chi connectivity index (χ1v) is 7.14. The van der Waals surface area contributed by atoms with Crippen LogP contribution in [0.5, 0.6) is 0 Å². The summed E-state index contributed by atoms with van der Waals surface area (Å²) in [7, 11) is 0. The maximum absolute atomic E-state index is 11.7. The van der Waals surface area contributed by atoms with Crippen LogP contribution >= 0.6 is 0 Å². The van der Waals surface area contributed by atoms with Crippen LogP contribution in [0, 0.1) is 6.92 Å². The summed E-state index contributed by atoms with van der Waals surface area (Å²) in [4.78, 5) is 15.9. The summed E-state index contributed by atoms with van der Waals surface area (Å²) in [5.74, 6) is 0.970. The molecule has 3 aromatic rings. The molecule has 7 heteroatoms. The molecule has 118 valence electrons. The molecule has 3 rings (SSSR count). The molecule has 2 aromatic heterocycles. The first kappa shape index (κ1) is 14.8. The summed E-state index contributed by atoms with van der Waals surface area (Å²) in [5, 5.41) is 9.39. The molecule has 0 unspecified atom stereocenters. The van der Waals surface area contributed by atoms with Crippen molar-refractivity contribution in [3.8, 4) is 11.4 Å². The number of rotatable bonds is 6. The number of nitrogens with one attached hydrogen (secondary N) is 2. The minimum absolute atomic E-state index is 0.0379. The lowest BCUT2D eigenvalue weighted by molar-refractivity contribution is -0.119. The predicted molar refractivity (Wildman–Crippen MR) is 83.5 cm³/mol. The third kappa shape index (κ3) is 3.97. The number of aryl methyl sites for hydroxylation is 1. The van der Waals surface area contributed by atoms with Gasteiger partial charge in [0, 0.05) is 5.56 Å². The number of hydrogen-bond acceptors (Lipinski definition) is 6. The number of hydrogen-bond donors (Lipinski definition) is 2. The summed E-state index contributed by atoms with van der Waals surface area (Å²) >= 11 is 0. The molecule has 1 amide bonds. The van der Waals surface area contributed by atoms with E-state index in [-0.39, 0.29) is 18.5 Å². The van der Waals surface area contributed by atoms with E-state index in [0.29, 0.717) is 18.1 Å². The van der Waals surface area contributed by atoms with Crippen molar-refractivity contribution in [2.24, 2.45) is 0 Å². The highest BCUT2D eigenvalue weighted by Crippen LogP contribution is 2.17. The lowest BCUT2D eigenvalue weighted by atomic mass is 10.1. The second-order valence-corrected chi connectivity index (χ2v) is 5.00. The van der Waals surface area contributed by atoms with Crippen LogP contribution in [0.15, 0.2) is 51.6 Å². The van der Waals surface area contributed by atoms with Gasteiger partial charge in [-0.3, -0.25) is 4.79 Å². The zero-order valence-electron chi connectivity index (χ0n) is 12.6. The third-order valence-corrected chi connectivity index (χ3v) is 3.18. The van der Waals surface area contributed by atoms with E-state index >= 15 is 0 Å². The summed E-state index contributed by atoms with van der Waals surface area (Å²) in [5.41, 5.74) is 2.01. The van der Waals surface area contributed by atoms with Gasteiger partial charge in [-0.05, 0) is 19.1 Å². The van der Waals surface area contributed by atoms with E-state index in [0.717, 1.165) is 11.1 Å². The van der Waals surface area contributed by atoms with Crippen molar-refractivity contribution in [1.29, 1.82) is 0 Å². The van der Waals surface area contributed by atoms with Crippen molar-refractivity contribution in [1.82, 2.24) is 15.5 Å². The summed E-state index contributed by atoms with van der Waals surface area (Å²) in [6, 6.07) is 11.5. The molecule has 0 aliphatic heterocycles. The zero-order valence-corrected chi connectivity index (χ0v) is 12.6. The third-order valence-electron chi connectivity index (χ3n) is 3.18. The van der Waals surface area contributed by atoms with E-state index < -0.39 is 0 Å². The van der Waals surface area contributed by atoms with E-state index in [2.05, 4.69) is 20.8 Å². The van der Waals surface area contributed by atoms with E-state index in [9.17, 15) is 4.79 Å². The molecule has 0 radical (unpaired) electrons. The van der Waals surface area contributed by atoms with Gasteiger partial charge in [0.2, 0.25) is 11.7 Å². The molecule has 0 saturated heterocycles. The Kier molecular flexibility index (Phi) is 4.37. The van der Waals surface area contributed by atoms with Crippen LogP contribution in [0.4, 0.5) is 6.01 Å². The topological polar surface area (TPSA) is 93.2 Å². The van der Waals surface area contributed by atoms with Gasteiger partial charge in [0.15, 0.2) is 0 Å². The summed E-state index contributed by atoms with van der Waals surface area (Å²) < 4.78 is 10.2. The van der Waals surface area contributed by atoms with Crippen molar-refractivity contribution < 1.29 is 13.7 Å². The average Bonchev–Trinajstić information content (AvgIpc) is 3.23. The smallest absolute Gasteiger partial charge is 0.322 e. The second kappa shape index (κ2) is 6.78. The largest absolute Gasteiger partial charge is 0.467 e. The first-order chi connectivity index (χ1) is 11.2. The van der Waals surface area contributed by atoms with Gasteiger partial charge in [-0.15, -0.1) is 0 Å². The molecule has 0 fully saturated rings. The van der Waals surface area contributed by atoms with Crippen molar-refractivity contribution in [2.75, 3.05) is 11.9 Å². The molecule has 0 bridgehead atoms. The molecule has 0 aliphatic carbocycles. The van der Waals surface area contributed by atoms with Crippen molar-refractivity contribution >= 4 is 11.9 Å². The van der Waals surface area contributed by atoms with Gasteiger partial charge >= 0.3 is 6.01 Å². The normalized spacial score (nSPS) is 10.5. The highest BCUT2D eigenvalue weighted by molar-refractivity contribution is 5.80. The zero-order chi connectivity index (χ0) is 16.1. The highest BCUT2D eigenvalue weighted by atomic mass is 16.5. The lowest BCUT2D eigenvalue weighted by Gasteiger charge is -2.02. The quantitative estimate of drug-likeness (QED) is 0.726. The van der Waals surface area contributed by atoms with Crippen LogP contribution < -0.4 is 10.6 Å². The molecule has 23 heavy (non-hydrogen) atoms. The Morgan fingerprint density at radius 3 is 2.78 bits per heavy atom. The van der Waals surface area contributed by atoms with E-state index in [1.807, 2.05) is 31.2 Å². The number of carbonyl (C=O) groups excluding carboxylic acids is 1. The highest BCUT2D eigenvalue weighted by Gasteiger charge is 2.09. The molecular weight excluding hydrogens is 296 g/mol. The van der Waals surface area contributed by atoms with Crippen molar-refractivity contribution in [3.05, 3.63) is 54.0 Å². The number of aromatic nitrogens is 2. The first-order valence-electron chi connectivity index (χ1n) is 7.14. The molecular formula is C16H16N4O3. The molecule has 2 N–H and O–H groups in total. The van der Waals surface area contributed by atoms with Gasteiger partial charge in [-0.1, -0.05) is 35.0 Å². The number of carbonyl (C=O) groups is 1. The number of nitrogens with zero attached hydrogens (tertiary/aromatic N) is 2. The monoisotopic (exact) mass is 312 g/mol. The van der Waals surface area contributed by atoms with Gasteiger partial charge in [-0.2, -0.15) is 4.98 Å². The minimum Gasteiger partial charge on any atom is -0.467 e. The Bertz CT molecular complexity index is 763. The predicted octanol–water partition coefficient (Wildman–Crippen LogP) is 2.37. The van der Waals surface area contributed by atoms with Crippen LogP contribution in [-0.2, 0) is 11.3 Å². The molecule has 0 aliphatic rings. The maximum atomic E-state index is 11.7. The number of anilines is 1. The summed E-state index contributed by atoms with van der Waals surface area (Å²) in [6.07, 6.45) is 1.56. The molecule has 0 spiro atoms. The summed E-state index contributed by atoms with van der Waals surface area (Å²) in [6.45, 7) is 2.39. The number of benzene rings is 1. The Hall–Kier alpha value is -3.09. The van der Waals surface area contributed by atoms with Crippen LogP contribution in [-0.4, -0.2) is 22.6 Å². The lowest BCUT2D eigenvalue weighted by Crippen LogP contribution is -2.29. The number of amides is 1. The van der Waals surface area contributed by atoms with E-state index in [1.165, 1.54) is 0 Å². The van der Waals surface area contributed by atoms with Crippen LogP contribution in [0.1, 0.15) is 11.3 Å². The molecule has 2 heterocycles. The second-order valence-electron chi connectivity index (χ2n) is 5.00. The average molecular weight is 312 g/mol. The Labute approximate surface area is 132 Å². The van der Waals surface area contributed by atoms with Gasteiger partial charge in [0.25, 0.3) is 0 Å². The molecule has 0 saturated carbocycles. The standard InChI is InChI=1S/C16H16N4O3/c1-11-4-6-12(7-5-11)15-19-16(23-20-15)18-10-14(21)17-9-13-3-2-8-22-13/h2-8H,9-10H2,1H3,(H,17,21)(H,18,19,20). The van der Waals surface area contributed by atoms with Gasteiger partial charge < -0.3 is 19.6 Å². The van der Waals surface area contributed by atoms with Gasteiger partial charge in [0.05, 0.1) is 19.4 Å². The molecule has 7 nitrogen and oxygen atoms in total. The minimum atomic E-state index is -0.198. The van der Waals surface area contributed by atoms with Crippen LogP contribution in [0.25, 0.3) is 11.4 Å². The van der Waals surface area contributed by atoms with E-state index in [4.69, 9.17) is 8.94 Å². The van der Waals surface area contributed by atoms with Crippen molar-refractivity contribution in [3.63, 3.8) is 0 Å². The molecule has 0 atom stereocenters. The fourth-order valence-corrected chi connectivity index (χ4v) is 1.93. The van der Waals surface area contributed by atoms with Crippen molar-refractivity contribution in [2.45, 2.75) is 13.5 Å². The van der Waals surface area contributed by atoms with Gasteiger partial charge in [-0.25, -0.2) is 0 Å².